The monoisotopic (exact) mass is 785 g/mol. The van der Waals surface area contributed by atoms with Crippen LogP contribution in [0.3, 0.4) is 0 Å². The van der Waals surface area contributed by atoms with Gasteiger partial charge in [0, 0.05) is 18.3 Å². The maximum absolute atomic E-state index is 14.1. The van der Waals surface area contributed by atoms with Gasteiger partial charge in [-0.15, -0.1) is 0 Å². The summed E-state index contributed by atoms with van der Waals surface area (Å²) >= 11 is 3.34. The molecule has 1 aliphatic rings. The van der Waals surface area contributed by atoms with Crippen molar-refractivity contribution in [1.29, 1.82) is 0 Å². The average molecular weight is 786 g/mol. The van der Waals surface area contributed by atoms with Crippen LogP contribution in [0, 0.1) is 13.7 Å². The summed E-state index contributed by atoms with van der Waals surface area (Å²) in [5.41, 5.74) is 1.94. The second-order valence-electron chi connectivity index (χ2n) is 10.2. The number of carbonyl (C=O) groups is 1. The van der Waals surface area contributed by atoms with Gasteiger partial charge in [0.2, 0.25) is 0 Å². The van der Waals surface area contributed by atoms with Gasteiger partial charge in [-0.3, -0.25) is 19.5 Å². The molecule has 2 heterocycles. The number of fused-ring (bicyclic) bond motifs is 1. The Hall–Kier alpha value is -4.70. The van der Waals surface area contributed by atoms with Crippen LogP contribution >= 0.6 is 33.9 Å². The number of hydrogen-bond acceptors (Lipinski definition) is 11. The minimum Gasteiger partial charge on any atom is -0.490 e. The van der Waals surface area contributed by atoms with Gasteiger partial charge in [0.15, 0.2) is 27.8 Å². The molecule has 14 heteroatoms. The molecular formula is C34H32IN3O9S. The van der Waals surface area contributed by atoms with Crippen LogP contribution in [0.4, 0.5) is 5.69 Å². The number of aromatic nitrogens is 1. The first-order chi connectivity index (χ1) is 23.2. The van der Waals surface area contributed by atoms with Crippen molar-refractivity contribution in [3.8, 4) is 23.0 Å². The van der Waals surface area contributed by atoms with E-state index >= 15 is 0 Å². The maximum atomic E-state index is 14.1. The predicted octanol–water partition coefficient (Wildman–Crippen LogP) is 5.31. The third-order valence-corrected chi connectivity index (χ3v) is 8.97. The van der Waals surface area contributed by atoms with Crippen molar-refractivity contribution in [3.05, 3.63) is 116 Å². The molecule has 0 saturated heterocycles. The summed E-state index contributed by atoms with van der Waals surface area (Å²) in [5, 5.41) is 11.0. The highest BCUT2D eigenvalue weighted by Crippen LogP contribution is 2.36. The fourth-order valence-electron chi connectivity index (χ4n) is 5.08. The van der Waals surface area contributed by atoms with Crippen LogP contribution in [-0.4, -0.2) is 42.4 Å². The summed E-state index contributed by atoms with van der Waals surface area (Å²) < 4.78 is 31.3. The van der Waals surface area contributed by atoms with E-state index in [1.807, 2.05) is 26.8 Å². The zero-order chi connectivity index (χ0) is 34.4. The molecule has 1 atom stereocenters. The lowest BCUT2D eigenvalue weighted by molar-refractivity contribution is -0.384. The van der Waals surface area contributed by atoms with Gasteiger partial charge in [-0.25, -0.2) is 9.79 Å². The van der Waals surface area contributed by atoms with Crippen LogP contribution in [-0.2, 0) is 16.1 Å². The van der Waals surface area contributed by atoms with Crippen molar-refractivity contribution in [2.45, 2.75) is 33.4 Å². The molecule has 3 aromatic carbocycles. The standard InChI is InChI=1S/C34H32IN3O9S/c1-5-44-26-13-10-22(17-27(26)45-6-2)30-24(33(40)43-4)18-36-34-37(30)32(39)29(48-34)16-21-14-25(35)31(28(15-21)46-7-3)47-19-20-8-11-23(12-9-20)38(41)42/h8-18,30H,5-7,19H2,1-4H3/b29-16+/t30-/m1/s1. The number of hydrogen-bond donors (Lipinski definition) is 0. The summed E-state index contributed by atoms with van der Waals surface area (Å²) in [4.78, 5) is 42.4. The fourth-order valence-corrected chi connectivity index (χ4v) is 6.83. The normalized spacial score (nSPS) is 14.0. The number of carbonyl (C=O) groups excluding carboxylic acids is 1. The first kappa shape index (κ1) is 34.6. The number of non-ortho nitro benzene ring substituents is 1. The van der Waals surface area contributed by atoms with E-state index in [2.05, 4.69) is 27.6 Å². The van der Waals surface area contributed by atoms with E-state index in [1.54, 1.807) is 42.5 Å². The van der Waals surface area contributed by atoms with E-state index < -0.39 is 16.9 Å². The van der Waals surface area contributed by atoms with E-state index in [1.165, 1.54) is 41.3 Å². The van der Waals surface area contributed by atoms with Gasteiger partial charge in [-0.1, -0.05) is 17.4 Å². The molecule has 0 fully saturated rings. The van der Waals surface area contributed by atoms with Gasteiger partial charge in [-0.05, 0) is 103 Å². The Bertz CT molecular complexity index is 2060. The molecule has 5 rings (SSSR count). The largest absolute Gasteiger partial charge is 0.490 e. The number of nitrogens with zero attached hydrogens (tertiary/aromatic N) is 3. The van der Waals surface area contributed by atoms with Gasteiger partial charge in [0.05, 0.1) is 51.6 Å². The fraction of sp³-hybridized carbons (Fsp3) is 0.265. The molecular weight excluding hydrogens is 753 g/mol. The first-order valence-corrected chi connectivity index (χ1v) is 16.9. The first-order valence-electron chi connectivity index (χ1n) is 15.0. The maximum Gasteiger partial charge on any atom is 0.337 e. The SMILES string of the molecule is CCOc1ccc([C@@H]2C(C(=O)OC)=CN=c3s/c(=C/c4cc(I)c(OCc5ccc([N+](=O)[O-])cc5)c(OCC)c4)c(=O)n32)cc1OCC. The quantitative estimate of drug-likeness (QED) is 0.0764. The van der Waals surface area contributed by atoms with E-state index in [4.69, 9.17) is 23.7 Å². The molecule has 0 radical (unpaired) electrons. The molecule has 4 aromatic rings. The van der Waals surface area contributed by atoms with Gasteiger partial charge in [-0.2, -0.15) is 0 Å². The number of methoxy groups -OCH3 is 1. The smallest absolute Gasteiger partial charge is 0.337 e. The summed E-state index contributed by atoms with van der Waals surface area (Å²) in [6, 6.07) is 14.3. The van der Waals surface area contributed by atoms with E-state index in [9.17, 15) is 19.7 Å². The molecule has 0 amide bonds. The number of ether oxygens (including phenoxy) is 5. The molecule has 0 unspecified atom stereocenters. The number of rotatable bonds is 13. The van der Waals surface area contributed by atoms with Crippen molar-refractivity contribution in [2.75, 3.05) is 26.9 Å². The molecule has 48 heavy (non-hydrogen) atoms. The minimum absolute atomic E-state index is 0.000510. The van der Waals surface area contributed by atoms with Crippen molar-refractivity contribution in [2.24, 2.45) is 4.99 Å². The summed E-state index contributed by atoms with van der Waals surface area (Å²) in [5.74, 6) is 1.44. The highest BCUT2D eigenvalue weighted by atomic mass is 127. The van der Waals surface area contributed by atoms with Crippen molar-refractivity contribution < 1.29 is 33.4 Å². The van der Waals surface area contributed by atoms with E-state index in [0.29, 0.717) is 63.3 Å². The number of halogens is 1. The van der Waals surface area contributed by atoms with Crippen LogP contribution in [0.25, 0.3) is 6.08 Å². The Labute approximate surface area is 293 Å². The Balaban J connectivity index is 1.54. The van der Waals surface area contributed by atoms with E-state index in [0.717, 1.165) is 9.13 Å². The lowest BCUT2D eigenvalue weighted by atomic mass is 9.97. The highest BCUT2D eigenvalue weighted by Gasteiger charge is 2.31. The van der Waals surface area contributed by atoms with Gasteiger partial charge in [0.25, 0.3) is 11.2 Å². The predicted molar refractivity (Wildman–Crippen MR) is 188 cm³/mol. The third-order valence-electron chi connectivity index (χ3n) is 7.17. The van der Waals surface area contributed by atoms with Crippen molar-refractivity contribution >= 4 is 51.7 Å². The summed E-state index contributed by atoms with van der Waals surface area (Å²) in [6.07, 6.45) is 3.19. The summed E-state index contributed by atoms with van der Waals surface area (Å²) in [7, 11) is 1.28. The molecule has 250 valence electrons. The van der Waals surface area contributed by atoms with Crippen LogP contribution < -0.4 is 33.8 Å². The van der Waals surface area contributed by atoms with Crippen LogP contribution in [0.2, 0.25) is 0 Å². The number of thiazole rings is 1. The molecule has 12 nitrogen and oxygen atoms in total. The second kappa shape index (κ2) is 15.5. The second-order valence-corrected chi connectivity index (χ2v) is 12.4. The molecule has 0 aliphatic carbocycles. The molecule has 0 spiro atoms. The molecule has 0 N–H and O–H groups in total. The topological polar surface area (TPSA) is 141 Å². The Morgan fingerprint density at radius 2 is 1.67 bits per heavy atom. The lowest BCUT2D eigenvalue weighted by Gasteiger charge is -2.23. The highest BCUT2D eigenvalue weighted by molar-refractivity contribution is 14.1. The Kier molecular flexibility index (Phi) is 11.2. The summed E-state index contributed by atoms with van der Waals surface area (Å²) in [6.45, 7) is 6.98. The zero-order valence-corrected chi connectivity index (χ0v) is 29.5. The van der Waals surface area contributed by atoms with Gasteiger partial charge in [0.1, 0.15) is 6.61 Å². The van der Waals surface area contributed by atoms with Crippen molar-refractivity contribution in [1.82, 2.24) is 4.57 Å². The van der Waals surface area contributed by atoms with Crippen LogP contribution in [0.5, 0.6) is 23.0 Å². The average Bonchev–Trinajstić information content (AvgIpc) is 3.39. The Morgan fingerprint density at radius 1 is 0.979 bits per heavy atom. The van der Waals surface area contributed by atoms with Gasteiger partial charge >= 0.3 is 5.97 Å². The number of benzene rings is 3. The van der Waals surface area contributed by atoms with Crippen LogP contribution in [0.1, 0.15) is 43.5 Å². The third kappa shape index (κ3) is 7.39. The lowest BCUT2D eigenvalue weighted by Crippen LogP contribution is -2.39. The Morgan fingerprint density at radius 3 is 2.33 bits per heavy atom. The van der Waals surface area contributed by atoms with Crippen LogP contribution in [0.15, 0.2) is 76.2 Å². The molecule has 1 aromatic heterocycles. The molecule has 1 aliphatic heterocycles. The van der Waals surface area contributed by atoms with Crippen molar-refractivity contribution in [3.63, 3.8) is 0 Å². The minimum atomic E-state index is -0.819. The van der Waals surface area contributed by atoms with Gasteiger partial charge < -0.3 is 23.7 Å². The number of esters is 1. The zero-order valence-electron chi connectivity index (χ0n) is 26.6. The molecule has 0 saturated carbocycles. The van der Waals surface area contributed by atoms with E-state index in [-0.39, 0.29) is 23.4 Å². The molecule has 0 bridgehead atoms. The number of nitro benzene ring substituents is 1. The number of nitro groups is 1.